The monoisotopic (exact) mass is 422 g/mol. The Labute approximate surface area is 183 Å². The van der Waals surface area contributed by atoms with Gasteiger partial charge in [-0.25, -0.2) is 9.97 Å². The highest BCUT2D eigenvalue weighted by Crippen LogP contribution is 2.46. The van der Waals surface area contributed by atoms with E-state index in [1.54, 1.807) is 0 Å². The summed E-state index contributed by atoms with van der Waals surface area (Å²) in [5, 5.41) is 19.3. The van der Waals surface area contributed by atoms with E-state index in [4.69, 9.17) is 9.97 Å². The maximum atomic E-state index is 9.63. The molecule has 31 heavy (non-hydrogen) atoms. The molecular formula is C24H18N6S. The molecule has 1 aliphatic carbocycles. The summed E-state index contributed by atoms with van der Waals surface area (Å²) in [6, 6.07) is 11.8. The van der Waals surface area contributed by atoms with Crippen LogP contribution in [0.3, 0.4) is 0 Å². The minimum Gasteiger partial charge on any atom is -0.243 e. The molecule has 0 unspecified atom stereocenters. The first kappa shape index (κ1) is 19.3. The van der Waals surface area contributed by atoms with Gasteiger partial charge in [-0.1, -0.05) is 52.0 Å². The zero-order valence-electron chi connectivity index (χ0n) is 17.6. The number of benzene rings is 2. The fraction of sp³-hybridized carbons (Fsp3) is 0.250. The Kier molecular flexibility index (Phi) is 4.32. The lowest BCUT2D eigenvalue weighted by atomic mass is 9.92. The summed E-state index contributed by atoms with van der Waals surface area (Å²) in [5.41, 5.74) is 9.01. The van der Waals surface area contributed by atoms with Gasteiger partial charge >= 0.3 is 0 Å². The first-order valence-corrected chi connectivity index (χ1v) is 10.8. The highest BCUT2D eigenvalue weighted by molar-refractivity contribution is 7.00. The van der Waals surface area contributed by atoms with Crippen LogP contribution in [0, 0.1) is 22.7 Å². The minimum absolute atomic E-state index is 0.0476. The number of allylic oxidation sites excluding steroid dienone is 1. The van der Waals surface area contributed by atoms with E-state index >= 15 is 0 Å². The first-order chi connectivity index (χ1) is 15.0. The predicted molar refractivity (Wildman–Crippen MR) is 121 cm³/mol. The number of nitrogens with zero attached hydrogens (tertiary/aromatic N) is 6. The van der Waals surface area contributed by atoms with Gasteiger partial charge in [-0.3, -0.25) is 0 Å². The Morgan fingerprint density at radius 2 is 1.29 bits per heavy atom. The highest BCUT2D eigenvalue weighted by Gasteiger charge is 2.32. The van der Waals surface area contributed by atoms with Crippen LogP contribution in [0.4, 0.5) is 0 Å². The lowest BCUT2D eigenvalue weighted by molar-refractivity contribution is 0.863. The van der Waals surface area contributed by atoms with E-state index < -0.39 is 0 Å². The van der Waals surface area contributed by atoms with Crippen LogP contribution in [0.15, 0.2) is 29.8 Å². The molecule has 0 bridgehead atoms. The third kappa shape index (κ3) is 2.60. The van der Waals surface area contributed by atoms with Crippen LogP contribution in [0.25, 0.3) is 38.9 Å². The molecule has 0 N–H and O–H groups in total. The van der Waals surface area contributed by atoms with E-state index in [2.05, 4.69) is 36.4 Å². The zero-order chi connectivity index (χ0) is 21.9. The number of nitriles is 2. The van der Waals surface area contributed by atoms with E-state index in [0.29, 0.717) is 17.0 Å². The van der Waals surface area contributed by atoms with Gasteiger partial charge in [-0.2, -0.15) is 19.3 Å². The molecule has 0 saturated carbocycles. The van der Waals surface area contributed by atoms with Crippen molar-refractivity contribution in [3.8, 4) is 23.4 Å². The van der Waals surface area contributed by atoms with Gasteiger partial charge in [0.1, 0.15) is 28.7 Å². The van der Waals surface area contributed by atoms with E-state index in [0.717, 1.165) is 44.3 Å². The Balaban J connectivity index is 2.04. The molecule has 0 spiro atoms. The van der Waals surface area contributed by atoms with Gasteiger partial charge in [0.2, 0.25) is 0 Å². The number of hydrogen-bond acceptors (Lipinski definition) is 7. The van der Waals surface area contributed by atoms with E-state index in [1.807, 2.05) is 36.4 Å². The van der Waals surface area contributed by atoms with E-state index in [1.165, 1.54) is 11.7 Å². The molecule has 150 valence electrons. The molecule has 0 amide bonds. The van der Waals surface area contributed by atoms with Crippen molar-refractivity contribution in [2.45, 2.75) is 39.5 Å². The Bertz CT molecular complexity index is 1500. The van der Waals surface area contributed by atoms with Crippen molar-refractivity contribution in [2.75, 3.05) is 0 Å². The van der Waals surface area contributed by atoms with Gasteiger partial charge in [0.15, 0.2) is 0 Å². The number of fused-ring (bicyclic) bond motifs is 5. The lowest BCUT2D eigenvalue weighted by Gasteiger charge is -2.17. The molecule has 4 aromatic rings. The summed E-state index contributed by atoms with van der Waals surface area (Å²) >= 11 is 1.21. The Morgan fingerprint density at radius 3 is 1.81 bits per heavy atom. The highest BCUT2D eigenvalue weighted by atomic mass is 32.1. The average molecular weight is 423 g/mol. The first-order valence-electron chi connectivity index (χ1n) is 10.1. The summed E-state index contributed by atoms with van der Waals surface area (Å²) in [4.78, 5) is 10.2. The molecule has 7 heteroatoms. The van der Waals surface area contributed by atoms with E-state index in [-0.39, 0.29) is 17.4 Å². The van der Waals surface area contributed by atoms with Crippen LogP contribution < -0.4 is 0 Å². The van der Waals surface area contributed by atoms with Gasteiger partial charge in [-0.05, 0) is 17.4 Å². The molecular weight excluding hydrogens is 404 g/mol. The largest absolute Gasteiger partial charge is 0.243 e. The smallest absolute Gasteiger partial charge is 0.139 e. The molecule has 2 aromatic carbocycles. The molecule has 0 fully saturated rings. The van der Waals surface area contributed by atoms with Gasteiger partial charge in [-0.15, -0.1) is 0 Å². The third-order valence-electron chi connectivity index (χ3n) is 5.72. The van der Waals surface area contributed by atoms with Gasteiger partial charge in [0, 0.05) is 22.3 Å². The van der Waals surface area contributed by atoms with Gasteiger partial charge in [0.05, 0.1) is 34.1 Å². The summed E-state index contributed by atoms with van der Waals surface area (Å²) in [5.74, 6) is 0.341. The molecule has 0 radical (unpaired) electrons. The fourth-order valence-corrected chi connectivity index (χ4v) is 5.03. The van der Waals surface area contributed by atoms with Crippen molar-refractivity contribution in [1.82, 2.24) is 18.7 Å². The number of aromatic nitrogens is 4. The number of rotatable bonds is 2. The SMILES string of the molecule is CC(C)c1c2nsnc2c(C(C)C)c2nc3c(nc12)C(=C(C#N)C#N)c1ccccc1-3. The Hall–Kier alpha value is -3.68. The Morgan fingerprint density at radius 1 is 0.774 bits per heavy atom. The maximum Gasteiger partial charge on any atom is 0.139 e. The quantitative estimate of drug-likeness (QED) is 0.338. The standard InChI is InChI=1S/C24H18N6S/c1-11(2)16-20-21(17(12(3)4)24-23(16)29-31-30-24)28-22-18(13(9-25)10-26)14-7-5-6-8-15(14)19(22)27-20/h5-8,11-12H,1-4H3. The molecule has 0 aliphatic heterocycles. The molecule has 1 aliphatic rings. The normalized spacial score (nSPS) is 12.3. The summed E-state index contributed by atoms with van der Waals surface area (Å²) in [6.45, 7) is 8.47. The molecule has 0 atom stereocenters. The topological polar surface area (TPSA) is 99.1 Å². The van der Waals surface area contributed by atoms with Gasteiger partial charge < -0.3 is 0 Å². The fourth-order valence-electron chi connectivity index (χ4n) is 4.46. The summed E-state index contributed by atoms with van der Waals surface area (Å²) < 4.78 is 9.21. The second-order valence-corrected chi connectivity index (χ2v) is 8.76. The van der Waals surface area contributed by atoms with Crippen LogP contribution in [-0.4, -0.2) is 18.7 Å². The summed E-state index contributed by atoms with van der Waals surface area (Å²) in [6.07, 6.45) is 0. The van der Waals surface area contributed by atoms with Crippen molar-refractivity contribution in [3.63, 3.8) is 0 Å². The van der Waals surface area contributed by atoms with Crippen LogP contribution in [0.5, 0.6) is 0 Å². The summed E-state index contributed by atoms with van der Waals surface area (Å²) in [7, 11) is 0. The van der Waals surface area contributed by atoms with Crippen LogP contribution in [0.2, 0.25) is 0 Å². The second kappa shape index (κ2) is 6.94. The van der Waals surface area contributed by atoms with Crippen molar-refractivity contribution in [3.05, 3.63) is 52.2 Å². The number of hydrogen-bond donors (Lipinski definition) is 0. The maximum absolute atomic E-state index is 9.63. The molecule has 2 aromatic heterocycles. The lowest BCUT2D eigenvalue weighted by Crippen LogP contribution is -2.04. The van der Waals surface area contributed by atoms with Crippen molar-refractivity contribution in [2.24, 2.45) is 0 Å². The van der Waals surface area contributed by atoms with Crippen LogP contribution in [-0.2, 0) is 0 Å². The van der Waals surface area contributed by atoms with Crippen molar-refractivity contribution in [1.29, 1.82) is 10.5 Å². The molecule has 5 rings (SSSR count). The predicted octanol–water partition coefficient (Wildman–Crippen LogP) is 5.71. The second-order valence-electron chi connectivity index (χ2n) is 8.24. The molecule has 6 nitrogen and oxygen atoms in total. The van der Waals surface area contributed by atoms with Crippen LogP contribution in [0.1, 0.15) is 61.9 Å². The zero-order valence-corrected chi connectivity index (χ0v) is 18.4. The van der Waals surface area contributed by atoms with Crippen molar-refractivity contribution < 1.29 is 0 Å². The van der Waals surface area contributed by atoms with Crippen molar-refractivity contribution >= 4 is 39.4 Å². The minimum atomic E-state index is 0.0476. The average Bonchev–Trinajstić information content (AvgIpc) is 3.34. The molecule has 2 heterocycles. The van der Waals surface area contributed by atoms with Gasteiger partial charge in [0.25, 0.3) is 0 Å². The molecule has 0 saturated heterocycles. The van der Waals surface area contributed by atoms with Crippen LogP contribution >= 0.6 is 11.7 Å². The third-order valence-corrected chi connectivity index (χ3v) is 6.25. The van der Waals surface area contributed by atoms with E-state index in [9.17, 15) is 10.5 Å².